The lowest BCUT2D eigenvalue weighted by atomic mass is 10.1. The predicted octanol–water partition coefficient (Wildman–Crippen LogP) is 3.15. The van der Waals surface area contributed by atoms with Gasteiger partial charge in [-0.15, -0.1) is 11.8 Å². The zero-order chi connectivity index (χ0) is 18.4. The van der Waals surface area contributed by atoms with Gasteiger partial charge in [-0.05, 0) is 30.5 Å². The van der Waals surface area contributed by atoms with Gasteiger partial charge in [0.1, 0.15) is 0 Å². The van der Waals surface area contributed by atoms with E-state index in [4.69, 9.17) is 0 Å². The second-order valence-corrected chi connectivity index (χ2v) is 7.12. The van der Waals surface area contributed by atoms with Gasteiger partial charge in [-0.2, -0.15) is 13.2 Å². The zero-order valence-corrected chi connectivity index (χ0v) is 14.7. The van der Waals surface area contributed by atoms with Crippen LogP contribution in [0.2, 0.25) is 0 Å². The van der Waals surface area contributed by atoms with E-state index in [-0.39, 0.29) is 29.3 Å². The number of nitrogens with zero attached hydrogens (tertiary/aromatic N) is 1. The van der Waals surface area contributed by atoms with E-state index in [0.717, 1.165) is 18.6 Å². The number of hydrogen-bond donors (Lipinski definition) is 0. The summed E-state index contributed by atoms with van der Waals surface area (Å²) in [4.78, 5) is 25.1. The van der Waals surface area contributed by atoms with Gasteiger partial charge in [0, 0.05) is 24.8 Å². The predicted molar refractivity (Wildman–Crippen MR) is 89.2 cm³/mol. The summed E-state index contributed by atoms with van der Waals surface area (Å²) in [5.74, 6) is -0.0208. The van der Waals surface area contributed by atoms with Gasteiger partial charge in [0.15, 0.2) is 0 Å². The van der Waals surface area contributed by atoms with Gasteiger partial charge in [-0.1, -0.05) is 12.1 Å². The van der Waals surface area contributed by atoms with Crippen molar-refractivity contribution in [2.45, 2.75) is 30.7 Å². The Balaban J connectivity index is 1.76. The van der Waals surface area contributed by atoms with Crippen molar-refractivity contribution in [2.75, 3.05) is 26.0 Å². The molecule has 1 aromatic rings. The molecule has 25 heavy (non-hydrogen) atoms. The first-order chi connectivity index (χ1) is 11.8. The number of amides is 1. The molecule has 0 aliphatic carbocycles. The van der Waals surface area contributed by atoms with E-state index in [1.807, 2.05) is 0 Å². The molecule has 1 heterocycles. The molecule has 0 N–H and O–H groups in total. The summed E-state index contributed by atoms with van der Waals surface area (Å²) in [5.41, 5.74) is 0.0183. The monoisotopic (exact) mass is 375 g/mol. The summed E-state index contributed by atoms with van der Waals surface area (Å²) >= 11 is 1.48. The molecule has 1 amide bonds. The molecule has 0 spiro atoms. The molecule has 138 valence electrons. The minimum atomic E-state index is -4.35. The van der Waals surface area contributed by atoms with Crippen LogP contribution in [0.4, 0.5) is 13.2 Å². The quantitative estimate of drug-likeness (QED) is 0.717. The number of halogens is 3. The third kappa shape index (κ3) is 5.95. The maximum absolute atomic E-state index is 12.5. The Morgan fingerprint density at radius 1 is 1.28 bits per heavy atom. The first-order valence-corrected chi connectivity index (χ1v) is 8.97. The average molecular weight is 375 g/mol. The van der Waals surface area contributed by atoms with Crippen molar-refractivity contribution in [2.24, 2.45) is 0 Å². The van der Waals surface area contributed by atoms with E-state index >= 15 is 0 Å². The van der Waals surface area contributed by atoms with Crippen molar-refractivity contribution in [1.82, 2.24) is 4.90 Å². The number of likely N-dealkylation sites (tertiary alicyclic amines) is 1. The number of rotatable bonds is 6. The number of methoxy groups -OCH3 is 1. The topological polar surface area (TPSA) is 46.6 Å². The molecule has 0 saturated carbocycles. The number of ether oxygens (including phenoxy) is 1. The molecule has 1 aliphatic rings. The van der Waals surface area contributed by atoms with Gasteiger partial charge in [0.25, 0.3) is 0 Å². The minimum absolute atomic E-state index is 0.0129. The molecule has 0 bridgehead atoms. The second kappa shape index (κ2) is 8.60. The maximum atomic E-state index is 12.5. The molecule has 1 saturated heterocycles. The van der Waals surface area contributed by atoms with Gasteiger partial charge in [-0.25, -0.2) is 0 Å². The summed E-state index contributed by atoms with van der Waals surface area (Å²) in [5, 5.41) is 0.217. The Morgan fingerprint density at radius 3 is 2.56 bits per heavy atom. The molecule has 1 aromatic carbocycles. The standard InChI is InChI=1S/C17H20F3NO3S/c1-24-16(23)11-25-14-8-9-21(10-14)15(22)7-4-12-2-5-13(6-3-12)17(18,19)20/h2-3,5-6,14H,4,7-11H2,1H3. The van der Waals surface area contributed by atoms with Crippen LogP contribution in [-0.4, -0.2) is 48.0 Å². The number of thioether (sulfide) groups is 1. The Labute approximate surface area is 148 Å². The zero-order valence-electron chi connectivity index (χ0n) is 13.8. The van der Waals surface area contributed by atoms with Crippen LogP contribution in [0.3, 0.4) is 0 Å². The number of esters is 1. The van der Waals surface area contributed by atoms with Gasteiger partial charge in [0.2, 0.25) is 5.91 Å². The van der Waals surface area contributed by atoms with Crippen LogP contribution in [0.25, 0.3) is 0 Å². The lowest BCUT2D eigenvalue weighted by molar-refractivity contribution is -0.138. The summed E-state index contributed by atoms with van der Waals surface area (Å²) in [6, 6.07) is 4.90. The smallest absolute Gasteiger partial charge is 0.416 e. The van der Waals surface area contributed by atoms with E-state index < -0.39 is 11.7 Å². The number of benzene rings is 1. The Hall–Kier alpha value is -1.70. The van der Waals surface area contributed by atoms with E-state index in [1.54, 1.807) is 4.90 Å². The third-order valence-electron chi connectivity index (χ3n) is 4.07. The fourth-order valence-corrected chi connectivity index (χ4v) is 3.65. The van der Waals surface area contributed by atoms with Crippen molar-refractivity contribution < 1.29 is 27.5 Å². The van der Waals surface area contributed by atoms with Gasteiger partial charge >= 0.3 is 12.1 Å². The maximum Gasteiger partial charge on any atom is 0.416 e. The number of alkyl halides is 3. The fourth-order valence-electron chi connectivity index (χ4n) is 2.61. The largest absolute Gasteiger partial charge is 0.468 e. The summed E-state index contributed by atoms with van der Waals surface area (Å²) in [6.07, 6.45) is -2.85. The van der Waals surface area contributed by atoms with Crippen LogP contribution in [0.1, 0.15) is 24.0 Å². The van der Waals surface area contributed by atoms with Gasteiger partial charge in [0.05, 0.1) is 18.4 Å². The number of carbonyl (C=O) groups excluding carboxylic acids is 2. The molecule has 1 fully saturated rings. The molecule has 4 nitrogen and oxygen atoms in total. The SMILES string of the molecule is COC(=O)CSC1CCN(C(=O)CCc2ccc(C(F)(F)F)cc2)C1. The highest BCUT2D eigenvalue weighted by Crippen LogP contribution is 2.29. The second-order valence-electron chi connectivity index (χ2n) is 5.83. The van der Waals surface area contributed by atoms with E-state index in [9.17, 15) is 22.8 Å². The first-order valence-electron chi connectivity index (χ1n) is 7.92. The molecular formula is C17H20F3NO3S. The highest BCUT2D eigenvalue weighted by atomic mass is 32.2. The highest BCUT2D eigenvalue weighted by Gasteiger charge is 2.30. The van der Waals surface area contributed by atoms with E-state index in [1.165, 1.54) is 31.0 Å². The van der Waals surface area contributed by atoms with Gasteiger partial charge in [-0.3, -0.25) is 9.59 Å². The third-order valence-corrected chi connectivity index (χ3v) is 5.33. The molecule has 1 aliphatic heterocycles. The van der Waals surface area contributed by atoms with Crippen molar-refractivity contribution in [3.8, 4) is 0 Å². The summed E-state index contributed by atoms with van der Waals surface area (Å²) in [7, 11) is 1.34. The number of carbonyl (C=O) groups is 2. The number of hydrogen-bond acceptors (Lipinski definition) is 4. The van der Waals surface area contributed by atoms with Crippen LogP contribution in [0, 0.1) is 0 Å². The lowest BCUT2D eigenvalue weighted by Crippen LogP contribution is -2.29. The van der Waals surface area contributed by atoms with Crippen LogP contribution < -0.4 is 0 Å². The lowest BCUT2D eigenvalue weighted by Gasteiger charge is -2.16. The molecule has 2 rings (SSSR count). The van der Waals surface area contributed by atoms with E-state index in [0.29, 0.717) is 25.1 Å². The van der Waals surface area contributed by atoms with Crippen LogP contribution in [0.15, 0.2) is 24.3 Å². The molecule has 0 radical (unpaired) electrons. The Bertz CT molecular complexity index is 604. The highest BCUT2D eigenvalue weighted by molar-refractivity contribution is 8.00. The molecule has 1 atom stereocenters. The van der Waals surface area contributed by atoms with Crippen molar-refractivity contribution in [3.63, 3.8) is 0 Å². The van der Waals surface area contributed by atoms with Crippen LogP contribution in [-0.2, 0) is 26.9 Å². The molecule has 8 heteroatoms. The minimum Gasteiger partial charge on any atom is -0.468 e. The summed E-state index contributed by atoms with van der Waals surface area (Å²) < 4.78 is 42.1. The van der Waals surface area contributed by atoms with Crippen molar-refractivity contribution in [3.05, 3.63) is 35.4 Å². The summed E-state index contributed by atoms with van der Waals surface area (Å²) in [6.45, 7) is 1.23. The molecule has 0 aromatic heterocycles. The van der Waals surface area contributed by atoms with Crippen LogP contribution in [0.5, 0.6) is 0 Å². The fraction of sp³-hybridized carbons (Fsp3) is 0.529. The average Bonchev–Trinajstić information content (AvgIpc) is 3.06. The molecule has 1 unspecified atom stereocenters. The Morgan fingerprint density at radius 2 is 1.96 bits per heavy atom. The van der Waals surface area contributed by atoms with Gasteiger partial charge < -0.3 is 9.64 Å². The number of aryl methyl sites for hydroxylation is 1. The molecular weight excluding hydrogens is 355 g/mol. The normalized spacial score (nSPS) is 17.6. The Kier molecular flexibility index (Phi) is 6.75. The van der Waals surface area contributed by atoms with Crippen LogP contribution >= 0.6 is 11.8 Å². The van der Waals surface area contributed by atoms with Crippen molar-refractivity contribution in [1.29, 1.82) is 0 Å². The first kappa shape index (κ1) is 19.6. The van der Waals surface area contributed by atoms with Crippen molar-refractivity contribution >= 4 is 23.6 Å². The van der Waals surface area contributed by atoms with E-state index in [2.05, 4.69) is 4.74 Å².